The summed E-state index contributed by atoms with van der Waals surface area (Å²) in [6, 6.07) is 3.69. The first-order chi connectivity index (χ1) is 12.0. The van der Waals surface area contributed by atoms with Crippen molar-refractivity contribution in [1.29, 1.82) is 0 Å². The van der Waals surface area contributed by atoms with E-state index in [1.807, 2.05) is 24.8 Å². The molecular formula is C18H23N5O2. The van der Waals surface area contributed by atoms with Gasteiger partial charge in [-0.15, -0.1) is 0 Å². The molecule has 3 rings (SSSR count). The lowest BCUT2D eigenvalue weighted by Crippen LogP contribution is -2.44. The third kappa shape index (κ3) is 4.04. The lowest BCUT2D eigenvalue weighted by atomic mass is 9.97. The Balaban J connectivity index is 1.63. The number of piperidine rings is 1. The zero-order chi connectivity index (χ0) is 17.8. The molecule has 0 saturated carbocycles. The summed E-state index contributed by atoms with van der Waals surface area (Å²) in [4.78, 5) is 37.9. The Hall–Kier alpha value is -2.70. The van der Waals surface area contributed by atoms with Gasteiger partial charge in [-0.3, -0.25) is 9.59 Å². The van der Waals surface area contributed by atoms with Crippen LogP contribution in [0.25, 0.3) is 0 Å². The second-order valence-electron chi connectivity index (χ2n) is 6.49. The summed E-state index contributed by atoms with van der Waals surface area (Å²) in [5.74, 6) is 0.508. The van der Waals surface area contributed by atoms with Gasteiger partial charge in [0.05, 0.1) is 5.92 Å². The van der Waals surface area contributed by atoms with Gasteiger partial charge in [0.15, 0.2) is 0 Å². The predicted octanol–water partition coefficient (Wildman–Crippen LogP) is 1.31. The van der Waals surface area contributed by atoms with E-state index < -0.39 is 0 Å². The summed E-state index contributed by atoms with van der Waals surface area (Å²) in [7, 11) is 0. The van der Waals surface area contributed by atoms with Crippen molar-refractivity contribution in [2.75, 3.05) is 18.0 Å². The molecule has 2 aromatic rings. The first kappa shape index (κ1) is 17.1. The number of nitrogens with zero attached hydrogens (tertiary/aromatic N) is 3. The summed E-state index contributed by atoms with van der Waals surface area (Å²) in [6.45, 7) is 5.43. The van der Waals surface area contributed by atoms with Crippen LogP contribution >= 0.6 is 0 Å². The van der Waals surface area contributed by atoms with Crippen molar-refractivity contribution >= 4 is 11.9 Å². The Bertz CT molecular complexity index is 803. The van der Waals surface area contributed by atoms with E-state index >= 15 is 0 Å². The minimum atomic E-state index is -0.138. The average molecular weight is 341 g/mol. The van der Waals surface area contributed by atoms with Gasteiger partial charge in [-0.25, -0.2) is 9.97 Å². The van der Waals surface area contributed by atoms with E-state index in [-0.39, 0.29) is 23.9 Å². The van der Waals surface area contributed by atoms with Crippen molar-refractivity contribution in [1.82, 2.24) is 20.3 Å². The van der Waals surface area contributed by atoms with Crippen molar-refractivity contribution in [3.05, 3.63) is 51.7 Å². The number of H-pyrrole nitrogens is 1. The molecule has 0 aromatic carbocycles. The number of aromatic amines is 1. The van der Waals surface area contributed by atoms with E-state index in [0.717, 1.165) is 30.6 Å². The van der Waals surface area contributed by atoms with E-state index in [1.165, 1.54) is 0 Å². The van der Waals surface area contributed by atoms with Crippen molar-refractivity contribution in [3.8, 4) is 0 Å². The van der Waals surface area contributed by atoms with Crippen molar-refractivity contribution in [2.24, 2.45) is 5.92 Å². The number of aromatic nitrogens is 3. The quantitative estimate of drug-likeness (QED) is 0.875. The van der Waals surface area contributed by atoms with Crippen LogP contribution < -0.4 is 15.8 Å². The third-order valence-electron chi connectivity index (χ3n) is 4.56. The molecule has 0 spiro atoms. The summed E-state index contributed by atoms with van der Waals surface area (Å²) >= 11 is 0. The summed E-state index contributed by atoms with van der Waals surface area (Å²) in [5.41, 5.74) is 2.19. The molecule has 1 amide bonds. The van der Waals surface area contributed by atoms with Crippen molar-refractivity contribution in [3.63, 3.8) is 0 Å². The van der Waals surface area contributed by atoms with Gasteiger partial charge in [0.1, 0.15) is 0 Å². The van der Waals surface area contributed by atoms with Crippen LogP contribution in [0, 0.1) is 19.8 Å². The maximum Gasteiger partial charge on any atom is 0.253 e. The molecule has 1 aliphatic rings. The molecule has 0 unspecified atom stereocenters. The molecule has 0 radical (unpaired) electrons. The van der Waals surface area contributed by atoms with E-state index in [2.05, 4.69) is 20.3 Å². The lowest BCUT2D eigenvalue weighted by molar-refractivity contribution is -0.125. The van der Waals surface area contributed by atoms with Crippen LogP contribution in [-0.4, -0.2) is 33.9 Å². The van der Waals surface area contributed by atoms with E-state index in [4.69, 9.17) is 0 Å². The molecule has 0 bridgehead atoms. The van der Waals surface area contributed by atoms with Crippen LogP contribution in [0.2, 0.25) is 0 Å². The minimum Gasteiger partial charge on any atom is -0.352 e. The molecule has 7 nitrogen and oxygen atoms in total. The predicted molar refractivity (Wildman–Crippen MR) is 95.4 cm³/mol. The van der Waals surface area contributed by atoms with Gasteiger partial charge in [0, 0.05) is 43.3 Å². The number of hydrogen-bond acceptors (Lipinski definition) is 5. The van der Waals surface area contributed by atoms with E-state index in [9.17, 15) is 9.59 Å². The van der Waals surface area contributed by atoms with Crippen LogP contribution in [-0.2, 0) is 11.3 Å². The van der Waals surface area contributed by atoms with Crippen LogP contribution in [0.15, 0.2) is 29.3 Å². The maximum absolute atomic E-state index is 12.5. The Morgan fingerprint density at radius 2 is 2.12 bits per heavy atom. The lowest BCUT2D eigenvalue weighted by Gasteiger charge is -2.31. The molecule has 0 aliphatic carbocycles. The molecule has 132 valence electrons. The van der Waals surface area contributed by atoms with Gasteiger partial charge in [-0.05, 0) is 44.4 Å². The number of carbonyl (C=O) groups excluding carboxylic acids is 1. The van der Waals surface area contributed by atoms with Crippen molar-refractivity contribution in [2.45, 2.75) is 33.2 Å². The summed E-state index contributed by atoms with van der Waals surface area (Å²) in [6.07, 6.45) is 5.16. The highest BCUT2D eigenvalue weighted by Gasteiger charge is 2.27. The molecule has 3 heterocycles. The highest BCUT2D eigenvalue weighted by molar-refractivity contribution is 5.79. The monoisotopic (exact) mass is 341 g/mol. The first-order valence-electron chi connectivity index (χ1n) is 8.53. The van der Waals surface area contributed by atoms with Gasteiger partial charge in [0.25, 0.3) is 5.56 Å². The van der Waals surface area contributed by atoms with Crippen molar-refractivity contribution < 1.29 is 4.79 Å². The number of nitrogens with one attached hydrogen (secondary N) is 2. The largest absolute Gasteiger partial charge is 0.352 e. The fourth-order valence-corrected chi connectivity index (χ4v) is 3.25. The number of hydrogen-bond donors (Lipinski definition) is 2. The normalized spacial score (nSPS) is 17.4. The van der Waals surface area contributed by atoms with Gasteiger partial charge in [0.2, 0.25) is 11.9 Å². The Morgan fingerprint density at radius 1 is 1.36 bits per heavy atom. The van der Waals surface area contributed by atoms with Crippen LogP contribution in [0.5, 0.6) is 0 Å². The molecule has 1 fully saturated rings. The zero-order valence-electron chi connectivity index (χ0n) is 14.6. The summed E-state index contributed by atoms with van der Waals surface area (Å²) < 4.78 is 0. The fraction of sp³-hybridized carbons (Fsp3) is 0.444. The minimum absolute atomic E-state index is 0.0278. The molecule has 2 aromatic heterocycles. The van der Waals surface area contributed by atoms with Gasteiger partial charge >= 0.3 is 0 Å². The molecule has 1 aliphatic heterocycles. The highest BCUT2D eigenvalue weighted by atomic mass is 16.2. The topological polar surface area (TPSA) is 91.0 Å². The number of carbonyl (C=O) groups is 1. The third-order valence-corrected chi connectivity index (χ3v) is 4.56. The molecule has 25 heavy (non-hydrogen) atoms. The smallest absolute Gasteiger partial charge is 0.253 e. The SMILES string of the molecule is Cc1cc(C)c(CNC(=O)[C@@H]2CCCN(c3ncccn3)C2)c(=O)[nH]1. The first-order valence-corrected chi connectivity index (χ1v) is 8.53. The standard InChI is InChI=1S/C18H23N5O2/c1-12-9-13(2)22-17(25)15(12)10-21-16(24)14-5-3-8-23(11-14)18-19-6-4-7-20-18/h4,6-7,9,14H,3,5,8,10-11H2,1-2H3,(H,21,24)(H,22,25)/t14-/m1/s1. The number of amides is 1. The highest BCUT2D eigenvalue weighted by Crippen LogP contribution is 2.20. The Kier molecular flexibility index (Phi) is 5.11. The van der Waals surface area contributed by atoms with E-state index in [1.54, 1.807) is 18.5 Å². The molecule has 1 saturated heterocycles. The van der Waals surface area contributed by atoms with Gasteiger partial charge in [-0.1, -0.05) is 0 Å². The van der Waals surface area contributed by atoms with Crippen LogP contribution in [0.1, 0.15) is 29.7 Å². The molecule has 2 N–H and O–H groups in total. The second-order valence-corrected chi connectivity index (χ2v) is 6.49. The number of anilines is 1. The second kappa shape index (κ2) is 7.46. The molecule has 7 heteroatoms. The molecule has 1 atom stereocenters. The number of rotatable bonds is 4. The molecular weight excluding hydrogens is 318 g/mol. The van der Waals surface area contributed by atoms with Gasteiger partial charge in [-0.2, -0.15) is 0 Å². The summed E-state index contributed by atoms with van der Waals surface area (Å²) in [5, 5.41) is 2.92. The average Bonchev–Trinajstić information content (AvgIpc) is 2.61. The Morgan fingerprint density at radius 3 is 2.84 bits per heavy atom. The van der Waals surface area contributed by atoms with Crippen LogP contribution in [0.4, 0.5) is 5.95 Å². The van der Waals surface area contributed by atoms with Crippen LogP contribution in [0.3, 0.4) is 0 Å². The fourth-order valence-electron chi connectivity index (χ4n) is 3.25. The van der Waals surface area contributed by atoms with E-state index in [0.29, 0.717) is 18.1 Å². The zero-order valence-corrected chi connectivity index (χ0v) is 14.6. The number of aryl methyl sites for hydroxylation is 2. The van der Waals surface area contributed by atoms with Gasteiger partial charge < -0.3 is 15.2 Å². The number of pyridine rings is 1. The maximum atomic E-state index is 12.5. The Labute approximate surface area is 146 Å².